The molecule has 0 radical (unpaired) electrons. The van der Waals surface area contributed by atoms with Crippen molar-refractivity contribution in [2.24, 2.45) is 0 Å². The molecule has 3 heterocycles. The highest BCUT2D eigenvalue weighted by molar-refractivity contribution is 5.54. The zero-order chi connectivity index (χ0) is 9.12. The molecule has 1 aromatic carbocycles. The molecule has 4 rings (SSSR count). The van der Waals surface area contributed by atoms with Crippen LogP contribution in [0, 0.1) is 0 Å². The topological polar surface area (TPSA) is 27.7 Å². The van der Waals surface area contributed by atoms with E-state index in [1.807, 2.05) is 12.1 Å². The molecule has 1 aromatic rings. The van der Waals surface area contributed by atoms with E-state index in [0.29, 0.717) is 6.79 Å². The third-order valence-corrected chi connectivity index (χ3v) is 2.95. The van der Waals surface area contributed by atoms with Crippen LogP contribution in [0.2, 0.25) is 0 Å². The first-order chi connectivity index (χ1) is 6.92. The van der Waals surface area contributed by atoms with Crippen LogP contribution in [0.3, 0.4) is 0 Å². The highest BCUT2D eigenvalue weighted by Crippen LogP contribution is 2.50. The molecule has 0 spiro atoms. The number of rotatable bonds is 0. The minimum Gasteiger partial charge on any atom is -0.454 e. The Morgan fingerprint density at radius 2 is 1.50 bits per heavy atom. The fourth-order valence-corrected chi connectivity index (χ4v) is 2.27. The van der Waals surface area contributed by atoms with Crippen LogP contribution in [0.15, 0.2) is 24.3 Å². The lowest BCUT2D eigenvalue weighted by atomic mass is 9.96. The van der Waals surface area contributed by atoms with E-state index < -0.39 is 0 Å². The summed E-state index contributed by atoms with van der Waals surface area (Å²) >= 11 is 0. The zero-order valence-electron chi connectivity index (χ0n) is 7.40. The van der Waals surface area contributed by atoms with E-state index in [1.165, 1.54) is 11.1 Å². The van der Waals surface area contributed by atoms with E-state index in [9.17, 15) is 0 Å². The normalized spacial score (nSPS) is 29.7. The second kappa shape index (κ2) is 2.12. The Labute approximate surface area is 80.9 Å². The number of hydrogen-bond acceptors (Lipinski definition) is 3. The molecular formula is C11H8O3. The summed E-state index contributed by atoms with van der Waals surface area (Å²) < 4.78 is 16.4. The van der Waals surface area contributed by atoms with Crippen molar-refractivity contribution in [1.82, 2.24) is 0 Å². The molecule has 3 aliphatic heterocycles. The van der Waals surface area contributed by atoms with Crippen molar-refractivity contribution in [3.63, 3.8) is 0 Å². The molecule has 70 valence electrons. The highest BCUT2D eigenvalue weighted by atomic mass is 16.7. The summed E-state index contributed by atoms with van der Waals surface area (Å²) in [5.74, 6) is 1.68. The lowest BCUT2D eigenvalue weighted by Crippen LogP contribution is -1.93. The molecule has 0 amide bonds. The Morgan fingerprint density at radius 3 is 2.07 bits per heavy atom. The summed E-state index contributed by atoms with van der Waals surface area (Å²) in [6.45, 7) is 0.335. The van der Waals surface area contributed by atoms with Crippen molar-refractivity contribution in [3.05, 3.63) is 35.4 Å². The van der Waals surface area contributed by atoms with Crippen LogP contribution in [0.4, 0.5) is 0 Å². The fraction of sp³-hybridized carbons (Fsp3) is 0.273. The molecule has 3 heteroatoms. The summed E-state index contributed by atoms with van der Waals surface area (Å²) in [6, 6.07) is 4.07. The highest BCUT2D eigenvalue weighted by Gasteiger charge is 2.35. The quantitative estimate of drug-likeness (QED) is 0.583. The van der Waals surface area contributed by atoms with E-state index in [4.69, 9.17) is 14.2 Å². The van der Waals surface area contributed by atoms with Gasteiger partial charge in [-0.15, -0.1) is 0 Å². The summed E-state index contributed by atoms with van der Waals surface area (Å²) in [4.78, 5) is 0. The predicted molar refractivity (Wildman–Crippen MR) is 48.3 cm³/mol. The number of ether oxygens (including phenoxy) is 3. The molecule has 0 aromatic heterocycles. The molecule has 0 saturated heterocycles. The third-order valence-electron chi connectivity index (χ3n) is 2.95. The summed E-state index contributed by atoms with van der Waals surface area (Å²) in [6.07, 6.45) is 4.44. The molecule has 3 nitrogen and oxygen atoms in total. The van der Waals surface area contributed by atoms with Crippen LogP contribution in [-0.4, -0.2) is 6.79 Å². The first-order valence-corrected chi connectivity index (χ1v) is 4.69. The van der Waals surface area contributed by atoms with E-state index >= 15 is 0 Å². The molecule has 2 bridgehead atoms. The monoisotopic (exact) mass is 188 g/mol. The van der Waals surface area contributed by atoms with Crippen molar-refractivity contribution >= 4 is 0 Å². The minimum atomic E-state index is 0.129. The van der Waals surface area contributed by atoms with Gasteiger partial charge in [-0.25, -0.2) is 0 Å². The van der Waals surface area contributed by atoms with Gasteiger partial charge in [-0.2, -0.15) is 0 Å². The SMILES string of the molecule is C1=CC2OC1c1cc3c(cc12)OCO3. The minimum absolute atomic E-state index is 0.129. The predicted octanol–water partition coefficient (Wildman–Crippen LogP) is 2.10. The summed E-state index contributed by atoms with van der Waals surface area (Å²) in [5.41, 5.74) is 2.45. The maximum atomic E-state index is 5.70. The molecule has 2 unspecified atom stereocenters. The lowest BCUT2D eigenvalue weighted by molar-refractivity contribution is 0.0875. The van der Waals surface area contributed by atoms with Gasteiger partial charge in [0.15, 0.2) is 11.5 Å². The van der Waals surface area contributed by atoms with Crippen LogP contribution >= 0.6 is 0 Å². The van der Waals surface area contributed by atoms with Gasteiger partial charge in [-0.3, -0.25) is 0 Å². The van der Waals surface area contributed by atoms with Crippen LogP contribution in [0.1, 0.15) is 23.3 Å². The Morgan fingerprint density at radius 1 is 0.929 bits per heavy atom. The van der Waals surface area contributed by atoms with Gasteiger partial charge in [0.25, 0.3) is 0 Å². The molecule has 14 heavy (non-hydrogen) atoms. The molecule has 0 N–H and O–H groups in total. The molecule has 0 saturated carbocycles. The average Bonchev–Trinajstić information content (AvgIpc) is 2.90. The Bertz CT molecular complexity index is 411. The standard InChI is InChI=1S/C11H8O3/c1-2-9-7-4-11-10(12-5-13-11)3-6(7)8(1)14-9/h1-4,8-9H,5H2. The zero-order valence-corrected chi connectivity index (χ0v) is 7.40. The van der Waals surface area contributed by atoms with E-state index in [1.54, 1.807) is 0 Å². The maximum absolute atomic E-state index is 5.70. The molecule has 2 atom stereocenters. The Hall–Kier alpha value is -1.48. The largest absolute Gasteiger partial charge is 0.454 e. The van der Waals surface area contributed by atoms with Gasteiger partial charge in [0.05, 0.1) is 0 Å². The van der Waals surface area contributed by atoms with Crippen LogP contribution < -0.4 is 9.47 Å². The van der Waals surface area contributed by atoms with Gasteiger partial charge in [0.2, 0.25) is 6.79 Å². The van der Waals surface area contributed by atoms with Gasteiger partial charge in [-0.05, 0) is 23.3 Å². The van der Waals surface area contributed by atoms with Crippen molar-refractivity contribution in [2.45, 2.75) is 12.2 Å². The van der Waals surface area contributed by atoms with Gasteiger partial charge >= 0.3 is 0 Å². The molecule has 0 aliphatic carbocycles. The van der Waals surface area contributed by atoms with Gasteiger partial charge in [-0.1, -0.05) is 12.2 Å². The molecule has 3 aliphatic rings. The smallest absolute Gasteiger partial charge is 0.231 e. The first-order valence-electron chi connectivity index (χ1n) is 4.69. The van der Waals surface area contributed by atoms with Crippen molar-refractivity contribution in [1.29, 1.82) is 0 Å². The van der Waals surface area contributed by atoms with Gasteiger partial charge in [0.1, 0.15) is 12.2 Å². The third kappa shape index (κ3) is 0.677. The van der Waals surface area contributed by atoms with Crippen molar-refractivity contribution in [2.75, 3.05) is 6.79 Å². The van der Waals surface area contributed by atoms with E-state index in [0.717, 1.165) is 11.5 Å². The molecule has 0 fully saturated rings. The maximum Gasteiger partial charge on any atom is 0.231 e. The van der Waals surface area contributed by atoms with Crippen molar-refractivity contribution in [3.8, 4) is 11.5 Å². The summed E-state index contributed by atoms with van der Waals surface area (Å²) in [5, 5.41) is 0. The first kappa shape index (κ1) is 6.90. The lowest BCUT2D eigenvalue weighted by Gasteiger charge is -2.07. The van der Waals surface area contributed by atoms with Crippen LogP contribution in [0.25, 0.3) is 0 Å². The van der Waals surface area contributed by atoms with Gasteiger partial charge < -0.3 is 14.2 Å². The number of benzene rings is 1. The number of fused-ring (bicyclic) bond motifs is 6. The molecular weight excluding hydrogens is 180 g/mol. The van der Waals surface area contributed by atoms with Crippen molar-refractivity contribution < 1.29 is 14.2 Å². The fourth-order valence-electron chi connectivity index (χ4n) is 2.27. The second-order valence-corrected chi connectivity index (χ2v) is 3.70. The number of hydrogen-bond donors (Lipinski definition) is 0. The van der Waals surface area contributed by atoms with Crippen LogP contribution in [0.5, 0.6) is 11.5 Å². The Balaban J connectivity index is 1.97. The average molecular weight is 188 g/mol. The summed E-state index contributed by atoms with van der Waals surface area (Å²) in [7, 11) is 0. The van der Waals surface area contributed by atoms with E-state index in [2.05, 4.69) is 12.2 Å². The van der Waals surface area contributed by atoms with Gasteiger partial charge in [0, 0.05) is 0 Å². The Kier molecular flexibility index (Phi) is 1.04. The van der Waals surface area contributed by atoms with Crippen LogP contribution in [-0.2, 0) is 4.74 Å². The second-order valence-electron chi connectivity index (χ2n) is 3.70. The van der Waals surface area contributed by atoms with E-state index in [-0.39, 0.29) is 12.2 Å².